The van der Waals surface area contributed by atoms with E-state index >= 15 is 0 Å². The van der Waals surface area contributed by atoms with Crippen molar-refractivity contribution in [1.82, 2.24) is 0 Å². The lowest BCUT2D eigenvalue weighted by Crippen LogP contribution is -2.13. The van der Waals surface area contributed by atoms with E-state index < -0.39 is 16.9 Å². The third-order valence-corrected chi connectivity index (χ3v) is 5.16. The molecule has 3 rings (SSSR count). The molecule has 8 heteroatoms. The van der Waals surface area contributed by atoms with E-state index in [0.29, 0.717) is 22.6 Å². The Hall–Kier alpha value is -3.65. The van der Waals surface area contributed by atoms with Crippen LogP contribution in [0, 0.1) is 0 Å². The van der Waals surface area contributed by atoms with Crippen molar-refractivity contribution in [3.05, 3.63) is 72.3 Å². The number of carboxylic acid groups (broad SMARTS) is 1. The molecule has 29 heavy (non-hydrogen) atoms. The third kappa shape index (κ3) is 4.99. The van der Waals surface area contributed by atoms with Crippen molar-refractivity contribution in [3.8, 4) is 11.1 Å². The Morgan fingerprint density at radius 2 is 1.52 bits per heavy atom. The maximum Gasteiger partial charge on any atom is 0.409 e. The number of nitrogens with two attached hydrogens (primary N) is 1. The molecule has 1 atom stereocenters. The second-order valence-electron chi connectivity index (χ2n) is 6.24. The van der Waals surface area contributed by atoms with Gasteiger partial charge in [-0.05, 0) is 59.7 Å². The van der Waals surface area contributed by atoms with Gasteiger partial charge < -0.3 is 16.2 Å². The lowest BCUT2D eigenvalue weighted by molar-refractivity contribution is 0.102. The first-order chi connectivity index (χ1) is 13.8. The lowest BCUT2D eigenvalue weighted by atomic mass is 10.0. The van der Waals surface area contributed by atoms with Crippen LogP contribution in [-0.4, -0.2) is 27.6 Å². The van der Waals surface area contributed by atoms with E-state index in [1.807, 2.05) is 18.2 Å². The second-order valence-corrected chi connectivity index (χ2v) is 7.62. The molecule has 3 aromatic carbocycles. The number of benzene rings is 3. The molecule has 0 fully saturated rings. The number of nitrogen functional groups attached to an aromatic ring is 1. The first-order valence-corrected chi connectivity index (χ1v) is 10.1. The normalized spacial score (nSPS) is 11.5. The molecule has 7 nitrogen and oxygen atoms in total. The monoisotopic (exact) mass is 409 g/mol. The highest BCUT2D eigenvalue weighted by atomic mass is 32.2. The zero-order valence-electron chi connectivity index (χ0n) is 15.5. The molecule has 0 aromatic heterocycles. The zero-order valence-corrected chi connectivity index (χ0v) is 16.3. The van der Waals surface area contributed by atoms with Crippen LogP contribution in [0.3, 0.4) is 0 Å². The van der Waals surface area contributed by atoms with E-state index in [9.17, 15) is 13.8 Å². The highest BCUT2D eigenvalue weighted by Gasteiger charge is 2.10. The Labute approximate surface area is 170 Å². The highest BCUT2D eigenvalue weighted by molar-refractivity contribution is 7.84. The number of nitrogens with one attached hydrogen (secondary N) is 2. The average Bonchev–Trinajstić information content (AvgIpc) is 2.70. The van der Waals surface area contributed by atoms with E-state index in [0.717, 1.165) is 16.0 Å². The number of carbonyl (C=O) groups is 2. The summed E-state index contributed by atoms with van der Waals surface area (Å²) in [6, 6.07) is 18.7. The van der Waals surface area contributed by atoms with Crippen molar-refractivity contribution < 1.29 is 18.9 Å². The van der Waals surface area contributed by atoms with Gasteiger partial charge in [0.2, 0.25) is 0 Å². The van der Waals surface area contributed by atoms with Crippen molar-refractivity contribution in [1.29, 1.82) is 0 Å². The van der Waals surface area contributed by atoms with Gasteiger partial charge in [-0.1, -0.05) is 18.2 Å². The summed E-state index contributed by atoms with van der Waals surface area (Å²) in [4.78, 5) is 23.9. The SMILES string of the molecule is CS(=O)c1ccc(-c2ccc(N)c(NC(=O)c3ccc(NC(=O)O)cc3)c2)cc1. The summed E-state index contributed by atoms with van der Waals surface area (Å²) in [5.74, 6) is -0.368. The summed E-state index contributed by atoms with van der Waals surface area (Å²) in [5.41, 5.74) is 9.36. The minimum atomic E-state index is -1.18. The molecule has 148 valence electrons. The van der Waals surface area contributed by atoms with Crippen molar-refractivity contribution in [2.45, 2.75) is 4.90 Å². The average molecular weight is 409 g/mol. The molecule has 0 radical (unpaired) electrons. The van der Waals surface area contributed by atoms with Crippen LogP contribution in [0.25, 0.3) is 11.1 Å². The predicted octanol–water partition coefficient (Wildman–Crippen LogP) is 4.02. The smallest absolute Gasteiger partial charge is 0.409 e. The molecular weight excluding hydrogens is 390 g/mol. The number of carbonyl (C=O) groups excluding carboxylic acids is 1. The van der Waals surface area contributed by atoms with Gasteiger partial charge in [0.25, 0.3) is 5.91 Å². The fourth-order valence-corrected chi connectivity index (χ4v) is 3.23. The minimum Gasteiger partial charge on any atom is -0.465 e. The fourth-order valence-electron chi connectivity index (χ4n) is 2.71. The Balaban J connectivity index is 1.80. The van der Waals surface area contributed by atoms with Gasteiger partial charge in [-0.3, -0.25) is 14.3 Å². The summed E-state index contributed by atoms with van der Waals surface area (Å²) in [6.45, 7) is 0. The largest absolute Gasteiger partial charge is 0.465 e. The van der Waals surface area contributed by atoms with Crippen LogP contribution in [0.1, 0.15) is 10.4 Å². The fraction of sp³-hybridized carbons (Fsp3) is 0.0476. The van der Waals surface area contributed by atoms with Gasteiger partial charge >= 0.3 is 6.09 Å². The standard InChI is InChI=1S/C21H19N3O4S/c1-29(28)17-9-4-13(5-10-17)15-6-11-18(22)19(12-15)24-20(25)14-2-7-16(8-3-14)23-21(26)27/h2-12,23H,22H2,1H3,(H,24,25)(H,26,27). The van der Waals surface area contributed by atoms with Gasteiger partial charge in [0, 0.05) is 33.2 Å². The second kappa shape index (κ2) is 8.57. The van der Waals surface area contributed by atoms with Crippen LogP contribution < -0.4 is 16.4 Å². The molecule has 2 amide bonds. The minimum absolute atomic E-state index is 0.362. The van der Waals surface area contributed by atoms with Gasteiger partial charge in [-0.2, -0.15) is 0 Å². The van der Waals surface area contributed by atoms with Crippen LogP contribution >= 0.6 is 0 Å². The first-order valence-electron chi connectivity index (χ1n) is 8.58. The molecule has 3 aromatic rings. The van der Waals surface area contributed by atoms with Gasteiger partial charge in [0.05, 0.1) is 11.4 Å². The molecule has 0 saturated heterocycles. The Bertz CT molecular complexity index is 1080. The van der Waals surface area contributed by atoms with E-state index in [1.165, 1.54) is 24.3 Å². The Morgan fingerprint density at radius 1 is 0.897 bits per heavy atom. The Kier molecular flexibility index (Phi) is 5.94. The third-order valence-electron chi connectivity index (χ3n) is 4.22. The number of hydrogen-bond acceptors (Lipinski definition) is 4. The maximum atomic E-state index is 12.5. The van der Waals surface area contributed by atoms with Crippen LogP contribution in [0.4, 0.5) is 21.9 Å². The van der Waals surface area contributed by atoms with Crippen LogP contribution in [-0.2, 0) is 10.8 Å². The van der Waals surface area contributed by atoms with Gasteiger partial charge in [0.1, 0.15) is 0 Å². The van der Waals surface area contributed by atoms with Crippen molar-refractivity contribution >= 4 is 39.9 Å². The van der Waals surface area contributed by atoms with Gasteiger partial charge in [-0.15, -0.1) is 0 Å². The van der Waals surface area contributed by atoms with Crippen molar-refractivity contribution in [3.63, 3.8) is 0 Å². The molecular formula is C21H19N3O4S. The summed E-state index contributed by atoms with van der Waals surface area (Å²) >= 11 is 0. The van der Waals surface area contributed by atoms with E-state index in [-0.39, 0.29) is 5.91 Å². The summed E-state index contributed by atoms with van der Waals surface area (Å²) in [7, 11) is -1.05. The maximum absolute atomic E-state index is 12.5. The molecule has 0 aliphatic heterocycles. The lowest BCUT2D eigenvalue weighted by Gasteiger charge is -2.11. The number of rotatable bonds is 5. The molecule has 0 spiro atoms. The first kappa shape index (κ1) is 20.1. The van der Waals surface area contributed by atoms with E-state index in [4.69, 9.17) is 10.8 Å². The van der Waals surface area contributed by atoms with Crippen LogP contribution in [0.2, 0.25) is 0 Å². The van der Waals surface area contributed by atoms with Crippen LogP contribution in [0.15, 0.2) is 71.6 Å². The zero-order chi connectivity index (χ0) is 21.0. The molecule has 0 heterocycles. The number of hydrogen-bond donors (Lipinski definition) is 4. The summed E-state index contributed by atoms with van der Waals surface area (Å²) in [6.07, 6.45) is 0.445. The predicted molar refractivity (Wildman–Crippen MR) is 115 cm³/mol. The molecule has 5 N–H and O–H groups in total. The molecule has 0 saturated carbocycles. The van der Waals surface area contributed by atoms with Gasteiger partial charge in [-0.25, -0.2) is 4.79 Å². The van der Waals surface area contributed by atoms with E-state index in [1.54, 1.807) is 30.5 Å². The van der Waals surface area contributed by atoms with Crippen molar-refractivity contribution in [2.24, 2.45) is 0 Å². The van der Waals surface area contributed by atoms with Gasteiger partial charge in [0.15, 0.2) is 0 Å². The molecule has 0 aliphatic rings. The molecule has 1 unspecified atom stereocenters. The summed E-state index contributed by atoms with van der Waals surface area (Å²) < 4.78 is 11.5. The van der Waals surface area contributed by atoms with Crippen LogP contribution in [0.5, 0.6) is 0 Å². The number of amides is 2. The summed E-state index contributed by atoms with van der Waals surface area (Å²) in [5, 5.41) is 13.7. The molecule has 0 aliphatic carbocycles. The molecule has 0 bridgehead atoms. The quantitative estimate of drug-likeness (QED) is 0.474. The highest BCUT2D eigenvalue weighted by Crippen LogP contribution is 2.28. The topological polar surface area (TPSA) is 122 Å². The number of anilines is 3. The van der Waals surface area contributed by atoms with Crippen molar-refractivity contribution in [2.75, 3.05) is 22.6 Å². The van der Waals surface area contributed by atoms with E-state index in [2.05, 4.69) is 10.6 Å². The Morgan fingerprint density at radius 3 is 2.10 bits per heavy atom.